The number of ether oxygens (including phenoxy) is 3. The second kappa shape index (κ2) is 11.9. The summed E-state index contributed by atoms with van der Waals surface area (Å²) < 4.78 is 16.1. The summed E-state index contributed by atoms with van der Waals surface area (Å²) in [4.78, 5) is 39.6. The molecule has 198 valence electrons. The highest BCUT2D eigenvalue weighted by Gasteiger charge is 2.47. The zero-order valence-electron chi connectivity index (χ0n) is 21.0. The van der Waals surface area contributed by atoms with Gasteiger partial charge in [0.1, 0.15) is 18.1 Å². The minimum Gasteiger partial charge on any atom is -0.490 e. The van der Waals surface area contributed by atoms with E-state index in [1.54, 1.807) is 67.3 Å². The molecule has 2 atom stereocenters. The number of benzene rings is 2. The van der Waals surface area contributed by atoms with Gasteiger partial charge in [0.05, 0.1) is 23.1 Å². The molecule has 9 nitrogen and oxygen atoms in total. The molecule has 2 N–H and O–H groups in total. The number of rotatable bonds is 10. The lowest BCUT2D eigenvalue weighted by Gasteiger charge is -2.39. The van der Waals surface area contributed by atoms with Gasteiger partial charge in [0.25, 0.3) is 5.91 Å². The fourth-order valence-electron chi connectivity index (χ4n) is 4.17. The van der Waals surface area contributed by atoms with Gasteiger partial charge in [-0.25, -0.2) is 9.59 Å². The Morgan fingerprint density at radius 2 is 1.76 bits per heavy atom. The summed E-state index contributed by atoms with van der Waals surface area (Å²) in [5.41, 5.74) is 2.09. The Morgan fingerprint density at radius 3 is 2.39 bits per heavy atom. The fraction of sp³-hybridized carbons (Fsp3) is 0.250. The number of aliphatic carboxylic acids is 1. The number of esters is 1. The van der Waals surface area contributed by atoms with Crippen molar-refractivity contribution >= 4 is 35.7 Å². The molecule has 2 aromatic rings. The molecule has 2 aromatic carbocycles. The summed E-state index contributed by atoms with van der Waals surface area (Å²) in [5.74, 6) is -0.715. The number of amides is 1. The average molecular weight is 537 g/mol. The second-order valence-electron chi connectivity index (χ2n) is 8.42. The number of fused-ring (bicyclic) bond motifs is 1. The van der Waals surface area contributed by atoms with Gasteiger partial charge in [-0.3, -0.25) is 9.69 Å². The number of hydrogen-bond acceptors (Lipinski definition) is 8. The van der Waals surface area contributed by atoms with E-state index in [9.17, 15) is 14.4 Å². The molecule has 38 heavy (non-hydrogen) atoms. The molecule has 10 heteroatoms. The highest BCUT2D eigenvalue weighted by molar-refractivity contribution is 8.05. The summed E-state index contributed by atoms with van der Waals surface area (Å²) in [5, 5.41) is 12.1. The summed E-state index contributed by atoms with van der Waals surface area (Å²) in [6, 6.07) is 13.4. The summed E-state index contributed by atoms with van der Waals surface area (Å²) >= 11 is 1.35. The lowest BCUT2D eigenvalue weighted by atomic mass is 9.93. The van der Waals surface area contributed by atoms with Crippen LogP contribution >= 0.6 is 11.8 Å². The smallest absolute Gasteiger partial charge is 0.341 e. The van der Waals surface area contributed by atoms with Crippen LogP contribution in [0.5, 0.6) is 11.5 Å². The maximum atomic E-state index is 13.7. The number of allylic oxidation sites excluding steroid dienone is 1. The Bertz CT molecular complexity index is 1290. The van der Waals surface area contributed by atoms with Crippen LogP contribution in [-0.4, -0.2) is 53.2 Å². The SMILES string of the molecule is C=CCOc1ccc([C@@H]2C(C(=O)OCC)=C(C)N[C@H]3S/C(=C\c4ccc(OCC(=O)O)cc4)C(=O)N32)cc1. The number of nitrogens with zero attached hydrogens (tertiary/aromatic N) is 1. The Kier molecular flexibility index (Phi) is 8.42. The molecule has 0 saturated carbocycles. The highest BCUT2D eigenvalue weighted by atomic mass is 32.2. The van der Waals surface area contributed by atoms with Gasteiger partial charge >= 0.3 is 11.9 Å². The molecule has 1 fully saturated rings. The van der Waals surface area contributed by atoms with E-state index >= 15 is 0 Å². The minimum atomic E-state index is -1.06. The molecule has 0 unspecified atom stereocenters. The molecule has 2 aliphatic heterocycles. The monoisotopic (exact) mass is 536 g/mol. The van der Waals surface area contributed by atoms with E-state index in [1.807, 2.05) is 12.1 Å². The van der Waals surface area contributed by atoms with Crippen molar-refractivity contribution in [2.24, 2.45) is 0 Å². The van der Waals surface area contributed by atoms with E-state index in [0.29, 0.717) is 34.3 Å². The van der Waals surface area contributed by atoms with Gasteiger partial charge in [0.2, 0.25) is 0 Å². The van der Waals surface area contributed by atoms with Gasteiger partial charge in [0.15, 0.2) is 12.1 Å². The number of carbonyl (C=O) groups is 3. The van der Waals surface area contributed by atoms with E-state index in [-0.39, 0.29) is 12.5 Å². The number of hydrogen-bond donors (Lipinski definition) is 2. The Hall–Kier alpha value is -4.18. The third-order valence-corrected chi connectivity index (χ3v) is 6.95. The number of carboxylic acid groups (broad SMARTS) is 1. The van der Waals surface area contributed by atoms with Gasteiger partial charge in [-0.1, -0.05) is 48.7 Å². The van der Waals surface area contributed by atoms with Crippen molar-refractivity contribution < 1.29 is 33.7 Å². The molecule has 4 rings (SSSR count). The molecule has 0 spiro atoms. The van der Waals surface area contributed by atoms with Crippen molar-refractivity contribution in [2.45, 2.75) is 25.4 Å². The summed E-state index contributed by atoms with van der Waals surface area (Å²) in [6.07, 6.45) is 3.41. The first kappa shape index (κ1) is 26.9. The number of carboxylic acids is 1. The van der Waals surface area contributed by atoms with Gasteiger partial charge in [-0.2, -0.15) is 0 Å². The predicted molar refractivity (Wildman–Crippen MR) is 143 cm³/mol. The fourth-order valence-corrected chi connectivity index (χ4v) is 5.39. The van der Waals surface area contributed by atoms with Crippen LogP contribution in [0.1, 0.15) is 31.0 Å². The molecule has 0 aromatic heterocycles. The average Bonchev–Trinajstić information content (AvgIpc) is 3.20. The van der Waals surface area contributed by atoms with E-state index in [2.05, 4.69) is 11.9 Å². The van der Waals surface area contributed by atoms with Crippen LogP contribution in [0.25, 0.3) is 6.08 Å². The molecule has 1 amide bonds. The standard InChI is InChI=1S/C28H28N2O7S/c1-4-14-36-20-12-8-19(9-13-20)25-24(27(34)35-5-2)17(3)29-28-30(25)26(33)22(38-28)15-18-6-10-21(11-7-18)37-16-23(31)32/h4,6-13,15,25,28-29H,1,5,14,16H2,2-3H3,(H,31,32)/b22-15-/t25-,28-/m1/s1. The molecular weight excluding hydrogens is 508 g/mol. The van der Waals surface area contributed by atoms with E-state index in [4.69, 9.17) is 19.3 Å². The van der Waals surface area contributed by atoms with Crippen LogP contribution < -0.4 is 14.8 Å². The van der Waals surface area contributed by atoms with Gasteiger partial charge in [0, 0.05) is 5.70 Å². The zero-order valence-corrected chi connectivity index (χ0v) is 21.8. The Labute approximate surface area is 224 Å². The maximum Gasteiger partial charge on any atom is 0.341 e. The molecule has 0 aliphatic carbocycles. The van der Waals surface area contributed by atoms with Gasteiger partial charge in [-0.05, 0) is 55.3 Å². The quantitative estimate of drug-likeness (QED) is 0.263. The van der Waals surface area contributed by atoms with Crippen molar-refractivity contribution in [2.75, 3.05) is 19.8 Å². The number of carbonyl (C=O) groups excluding carboxylic acids is 2. The van der Waals surface area contributed by atoms with Crippen molar-refractivity contribution in [3.8, 4) is 11.5 Å². The first-order chi connectivity index (χ1) is 18.3. The zero-order chi connectivity index (χ0) is 27.2. The second-order valence-corrected chi connectivity index (χ2v) is 9.54. The third kappa shape index (κ3) is 5.86. The van der Waals surface area contributed by atoms with E-state index < -0.39 is 30.1 Å². The Morgan fingerprint density at radius 1 is 1.11 bits per heavy atom. The first-order valence-corrected chi connectivity index (χ1v) is 12.8. The third-order valence-electron chi connectivity index (χ3n) is 5.83. The predicted octanol–water partition coefficient (Wildman–Crippen LogP) is 4.10. The van der Waals surface area contributed by atoms with E-state index in [0.717, 1.165) is 11.1 Å². The first-order valence-electron chi connectivity index (χ1n) is 12.0. The number of thioether (sulfide) groups is 1. The topological polar surface area (TPSA) is 114 Å². The van der Waals surface area contributed by atoms with Gasteiger partial charge < -0.3 is 24.6 Å². The highest BCUT2D eigenvalue weighted by Crippen LogP contribution is 2.46. The summed E-state index contributed by atoms with van der Waals surface area (Å²) in [7, 11) is 0. The molecule has 2 aliphatic rings. The van der Waals surface area contributed by atoms with Gasteiger partial charge in [-0.15, -0.1) is 0 Å². The van der Waals surface area contributed by atoms with Crippen LogP contribution in [-0.2, 0) is 19.1 Å². The largest absolute Gasteiger partial charge is 0.490 e. The molecular formula is C28H28N2O7S. The lowest BCUT2D eigenvalue weighted by molar-refractivity contribution is -0.141. The normalized spacial score (nSPS) is 19.6. The minimum absolute atomic E-state index is 0.208. The van der Waals surface area contributed by atoms with Crippen molar-refractivity contribution in [1.29, 1.82) is 0 Å². The molecule has 2 heterocycles. The van der Waals surface area contributed by atoms with Crippen LogP contribution in [0.15, 0.2) is 77.4 Å². The summed E-state index contributed by atoms with van der Waals surface area (Å²) in [6.45, 7) is 7.34. The number of nitrogens with one attached hydrogen (secondary N) is 1. The Balaban J connectivity index is 1.65. The molecule has 0 bridgehead atoms. The van der Waals surface area contributed by atoms with Crippen molar-refractivity contribution in [3.05, 3.63) is 88.5 Å². The van der Waals surface area contributed by atoms with Crippen LogP contribution in [0, 0.1) is 0 Å². The van der Waals surface area contributed by atoms with Crippen molar-refractivity contribution in [3.63, 3.8) is 0 Å². The van der Waals surface area contributed by atoms with Crippen LogP contribution in [0.4, 0.5) is 0 Å². The lowest BCUT2D eigenvalue weighted by Crippen LogP contribution is -2.49. The molecule has 0 radical (unpaired) electrons. The maximum absolute atomic E-state index is 13.7. The van der Waals surface area contributed by atoms with Crippen LogP contribution in [0.2, 0.25) is 0 Å². The van der Waals surface area contributed by atoms with E-state index in [1.165, 1.54) is 11.8 Å². The molecule has 1 saturated heterocycles. The van der Waals surface area contributed by atoms with Crippen molar-refractivity contribution in [1.82, 2.24) is 10.2 Å². The van der Waals surface area contributed by atoms with Crippen LogP contribution in [0.3, 0.4) is 0 Å².